The fourth-order valence-corrected chi connectivity index (χ4v) is 4.11. The Kier molecular flexibility index (Phi) is 7.47. The van der Waals surface area contributed by atoms with E-state index >= 15 is 0 Å². The van der Waals surface area contributed by atoms with E-state index in [1.54, 1.807) is 0 Å². The van der Waals surface area contributed by atoms with Crippen molar-refractivity contribution in [1.82, 2.24) is 4.90 Å². The van der Waals surface area contributed by atoms with Gasteiger partial charge in [0.25, 0.3) is 0 Å². The number of Topliss-reactive ketones (excluding diaryl/α,β-unsaturated/α-hetero) is 1. The minimum absolute atomic E-state index is 0. The van der Waals surface area contributed by atoms with Crippen LogP contribution in [0.15, 0.2) is 41.3 Å². The summed E-state index contributed by atoms with van der Waals surface area (Å²) < 4.78 is 69.8. The first-order valence-electron chi connectivity index (χ1n) is 8.59. The summed E-state index contributed by atoms with van der Waals surface area (Å²) in [5.41, 5.74) is 0.258. The summed E-state index contributed by atoms with van der Waals surface area (Å²) >= 11 is 0. The Morgan fingerprint density at radius 3 is 2.41 bits per heavy atom. The molecular weight excluding hydrogens is 475 g/mol. The second kappa shape index (κ2) is 9.27. The van der Waals surface area contributed by atoms with Crippen molar-refractivity contribution in [3.05, 3.63) is 59.4 Å². The number of rotatable bonds is 5. The predicted molar refractivity (Wildman–Crippen MR) is 105 cm³/mol. The van der Waals surface area contributed by atoms with Crippen molar-refractivity contribution in [1.29, 1.82) is 0 Å². The number of ketones is 1. The van der Waals surface area contributed by atoms with E-state index in [4.69, 9.17) is 4.18 Å². The topological polar surface area (TPSA) is 63.7 Å². The Morgan fingerprint density at radius 2 is 1.76 bits per heavy atom. The van der Waals surface area contributed by atoms with E-state index < -0.39 is 32.5 Å². The van der Waals surface area contributed by atoms with E-state index in [0.717, 1.165) is 13.1 Å². The zero-order valence-electron chi connectivity index (χ0n) is 15.4. The van der Waals surface area contributed by atoms with Crippen LogP contribution < -0.4 is 4.18 Å². The Hall–Kier alpha value is -1.91. The maximum absolute atomic E-state index is 13.8. The number of nitrogens with zero attached hydrogens (tertiary/aromatic N) is 1. The van der Waals surface area contributed by atoms with Crippen LogP contribution >= 0.6 is 17.0 Å². The third kappa shape index (κ3) is 5.37. The van der Waals surface area contributed by atoms with Crippen molar-refractivity contribution in [2.24, 2.45) is 5.92 Å². The van der Waals surface area contributed by atoms with Crippen LogP contribution in [0.5, 0.6) is 5.75 Å². The molecule has 1 heterocycles. The first-order valence-corrected chi connectivity index (χ1v) is 10.00. The lowest BCUT2D eigenvalue weighted by Crippen LogP contribution is -2.33. The Labute approximate surface area is 177 Å². The summed E-state index contributed by atoms with van der Waals surface area (Å²) in [7, 11) is -2.87. The molecule has 0 atom stereocenters. The Balaban J connectivity index is 0.00000300. The molecule has 0 N–H and O–H groups in total. The molecule has 158 valence electrons. The molecule has 0 aromatic heterocycles. The number of benzene rings is 2. The van der Waals surface area contributed by atoms with E-state index in [-0.39, 0.29) is 46.1 Å². The van der Waals surface area contributed by atoms with Gasteiger partial charge in [0.1, 0.15) is 16.5 Å². The van der Waals surface area contributed by atoms with Crippen LogP contribution in [0.2, 0.25) is 0 Å². The maximum atomic E-state index is 13.8. The third-order valence-corrected chi connectivity index (χ3v) is 5.89. The van der Waals surface area contributed by atoms with Crippen LogP contribution in [0.4, 0.5) is 13.2 Å². The molecular formula is C19H19BrF3NO4S. The highest BCUT2D eigenvalue weighted by atomic mass is 79.9. The van der Waals surface area contributed by atoms with Gasteiger partial charge in [0, 0.05) is 17.5 Å². The predicted octanol–water partition coefficient (Wildman–Crippen LogP) is 3.97. The molecule has 10 heteroatoms. The molecule has 0 spiro atoms. The fraction of sp³-hybridized carbons (Fsp3) is 0.316. The Morgan fingerprint density at radius 1 is 1.10 bits per heavy atom. The highest BCUT2D eigenvalue weighted by Gasteiger charge is 2.27. The standard InChI is InChI=1S/C19H18F3NO4S.BrH/c1-23-7-5-12(6-8-23)19(24)13-3-2-4-15(9-13)27-28(25,26)17-11-14(20)10-16(21)18(17)22;/h2-4,9-12H,5-8H2,1H3;1H. The molecule has 0 saturated carbocycles. The highest BCUT2D eigenvalue weighted by molar-refractivity contribution is 8.93. The SMILES string of the molecule is Br.CN1CCC(C(=O)c2cccc(OS(=O)(=O)c3cc(F)cc(F)c3F)c2)CC1. The van der Waals surface area contributed by atoms with Crippen molar-refractivity contribution in [2.75, 3.05) is 20.1 Å². The zero-order valence-corrected chi connectivity index (χ0v) is 17.9. The average molecular weight is 494 g/mol. The van der Waals surface area contributed by atoms with E-state index in [1.807, 2.05) is 7.05 Å². The van der Waals surface area contributed by atoms with Gasteiger partial charge >= 0.3 is 10.1 Å². The first-order chi connectivity index (χ1) is 13.2. The quantitative estimate of drug-likeness (QED) is 0.358. The monoisotopic (exact) mass is 493 g/mol. The smallest absolute Gasteiger partial charge is 0.342 e. The molecule has 1 aliphatic rings. The van der Waals surface area contributed by atoms with Crippen molar-refractivity contribution in [2.45, 2.75) is 17.7 Å². The first kappa shape index (κ1) is 23.4. The molecule has 0 bridgehead atoms. The molecule has 0 unspecified atom stereocenters. The van der Waals surface area contributed by atoms with Crippen molar-refractivity contribution >= 4 is 32.9 Å². The van der Waals surface area contributed by atoms with Crippen molar-refractivity contribution in [3.63, 3.8) is 0 Å². The number of hydrogen-bond acceptors (Lipinski definition) is 5. The molecule has 3 rings (SSSR count). The van der Waals surface area contributed by atoms with E-state index in [1.165, 1.54) is 24.3 Å². The largest absolute Gasteiger partial charge is 0.379 e. The summed E-state index contributed by atoms with van der Waals surface area (Å²) in [5, 5.41) is 0. The molecule has 2 aromatic carbocycles. The molecule has 1 saturated heterocycles. The fourth-order valence-electron chi connectivity index (χ4n) is 3.09. The van der Waals surface area contributed by atoms with E-state index in [9.17, 15) is 26.4 Å². The maximum Gasteiger partial charge on any atom is 0.342 e. The van der Waals surface area contributed by atoms with Crippen molar-refractivity contribution in [3.8, 4) is 5.75 Å². The zero-order chi connectivity index (χ0) is 20.5. The summed E-state index contributed by atoms with van der Waals surface area (Å²) in [6, 6.07) is 6.01. The van der Waals surface area contributed by atoms with Gasteiger partial charge in [-0.15, -0.1) is 17.0 Å². The van der Waals surface area contributed by atoms with Gasteiger partial charge in [-0.25, -0.2) is 13.2 Å². The van der Waals surface area contributed by atoms with Gasteiger partial charge in [0.2, 0.25) is 0 Å². The third-order valence-electron chi connectivity index (χ3n) is 4.64. The van der Waals surface area contributed by atoms with Crippen LogP contribution in [0.25, 0.3) is 0 Å². The second-order valence-electron chi connectivity index (χ2n) is 6.71. The van der Waals surface area contributed by atoms with Gasteiger partial charge in [-0.3, -0.25) is 4.79 Å². The van der Waals surface area contributed by atoms with Crippen molar-refractivity contribution < 1.29 is 30.6 Å². The Bertz CT molecular complexity index is 1010. The normalized spacial score (nSPS) is 15.6. The van der Waals surface area contributed by atoms with Gasteiger partial charge in [0.05, 0.1) is 0 Å². The number of likely N-dealkylation sites (tertiary alicyclic amines) is 1. The lowest BCUT2D eigenvalue weighted by molar-refractivity contribution is 0.0856. The van der Waals surface area contributed by atoms with Crippen LogP contribution in [-0.4, -0.2) is 39.2 Å². The molecule has 1 aliphatic heterocycles. The summed E-state index contributed by atoms with van der Waals surface area (Å²) in [6.45, 7) is 1.57. The second-order valence-corrected chi connectivity index (χ2v) is 8.22. The molecule has 2 aromatic rings. The molecule has 1 fully saturated rings. The van der Waals surface area contributed by atoms with Crippen LogP contribution in [0, 0.1) is 23.4 Å². The molecule has 0 radical (unpaired) electrons. The minimum Gasteiger partial charge on any atom is -0.379 e. The molecule has 0 amide bonds. The number of carbonyl (C=O) groups excluding carboxylic acids is 1. The molecule has 5 nitrogen and oxygen atoms in total. The summed E-state index contributed by atoms with van der Waals surface area (Å²) in [5.74, 6) is -5.21. The van der Waals surface area contributed by atoms with Crippen LogP contribution in [-0.2, 0) is 10.1 Å². The van der Waals surface area contributed by atoms with Gasteiger partial charge in [0.15, 0.2) is 17.4 Å². The minimum atomic E-state index is -4.84. The number of piperidine rings is 1. The lowest BCUT2D eigenvalue weighted by Gasteiger charge is -2.28. The van der Waals surface area contributed by atoms with E-state index in [2.05, 4.69) is 4.90 Å². The molecule has 29 heavy (non-hydrogen) atoms. The van der Waals surface area contributed by atoms with Gasteiger partial charge in [-0.05, 0) is 51.2 Å². The summed E-state index contributed by atoms with van der Waals surface area (Å²) in [4.78, 5) is 13.5. The number of hydrogen-bond donors (Lipinski definition) is 0. The van der Waals surface area contributed by atoms with Crippen LogP contribution in [0.3, 0.4) is 0 Å². The lowest BCUT2D eigenvalue weighted by atomic mass is 9.89. The van der Waals surface area contributed by atoms with E-state index in [0.29, 0.717) is 18.9 Å². The number of carbonyl (C=O) groups is 1. The van der Waals surface area contributed by atoms with Gasteiger partial charge in [-0.2, -0.15) is 8.42 Å². The van der Waals surface area contributed by atoms with Gasteiger partial charge in [-0.1, -0.05) is 12.1 Å². The van der Waals surface area contributed by atoms with Gasteiger partial charge < -0.3 is 9.08 Å². The molecule has 0 aliphatic carbocycles. The van der Waals surface area contributed by atoms with Crippen LogP contribution in [0.1, 0.15) is 23.2 Å². The highest BCUT2D eigenvalue weighted by Crippen LogP contribution is 2.26. The summed E-state index contributed by atoms with van der Waals surface area (Å²) in [6.07, 6.45) is 1.37. The number of halogens is 4. The average Bonchev–Trinajstić information content (AvgIpc) is 2.64.